The number of nitrogens with zero attached hydrogens (tertiary/aromatic N) is 1. The van der Waals surface area contributed by atoms with Gasteiger partial charge in [-0.3, -0.25) is 4.79 Å². The largest absolute Gasteiger partial charge is 0.497 e. The number of amides is 1. The number of halogens is 1. The molecule has 29 heavy (non-hydrogen) atoms. The summed E-state index contributed by atoms with van der Waals surface area (Å²) >= 11 is 0. The fraction of sp³-hybridized carbons (Fsp3) is 0.350. The third-order valence-corrected chi connectivity index (χ3v) is 6.48. The number of hydrogen-bond acceptors (Lipinski definition) is 5. The minimum Gasteiger partial charge on any atom is -0.497 e. The van der Waals surface area contributed by atoms with E-state index in [0.717, 1.165) is 16.9 Å². The van der Waals surface area contributed by atoms with Gasteiger partial charge in [-0.05, 0) is 41.8 Å². The Morgan fingerprint density at radius 3 is 2.76 bits per heavy atom. The summed E-state index contributed by atoms with van der Waals surface area (Å²) in [6, 6.07) is 11.4. The number of benzene rings is 2. The molecule has 0 radical (unpaired) electrons. The van der Waals surface area contributed by atoms with E-state index in [1.807, 2.05) is 18.2 Å². The lowest BCUT2D eigenvalue weighted by molar-refractivity contribution is -0.123. The van der Waals surface area contributed by atoms with Gasteiger partial charge in [0.15, 0.2) is 18.2 Å². The maximum absolute atomic E-state index is 13.5. The third kappa shape index (κ3) is 5.45. The summed E-state index contributed by atoms with van der Waals surface area (Å²) in [6.45, 7) is 0.243. The molecule has 9 heteroatoms. The maximum atomic E-state index is 13.5. The van der Waals surface area contributed by atoms with Gasteiger partial charge in [-0.25, -0.2) is 12.8 Å². The first-order valence-electron chi connectivity index (χ1n) is 9.16. The van der Waals surface area contributed by atoms with Crippen LogP contribution >= 0.6 is 0 Å². The van der Waals surface area contributed by atoms with Crippen molar-refractivity contribution in [3.05, 3.63) is 59.4 Å². The van der Waals surface area contributed by atoms with Crippen LogP contribution in [0.25, 0.3) is 0 Å². The van der Waals surface area contributed by atoms with E-state index in [4.69, 9.17) is 9.47 Å². The predicted octanol–water partition coefficient (Wildman–Crippen LogP) is 1.72. The van der Waals surface area contributed by atoms with Gasteiger partial charge in [0, 0.05) is 19.6 Å². The van der Waals surface area contributed by atoms with Crippen molar-refractivity contribution < 1.29 is 27.1 Å². The lowest BCUT2D eigenvalue weighted by atomic mass is 10.0. The second-order valence-corrected chi connectivity index (χ2v) is 8.69. The summed E-state index contributed by atoms with van der Waals surface area (Å²) in [6.07, 6.45) is 0.606. The van der Waals surface area contributed by atoms with Gasteiger partial charge in [0.2, 0.25) is 10.0 Å². The molecular formula is C20H23FN2O5S. The highest BCUT2D eigenvalue weighted by molar-refractivity contribution is 7.89. The summed E-state index contributed by atoms with van der Waals surface area (Å²) in [5, 5.41) is 2.49. The highest BCUT2D eigenvalue weighted by Crippen LogP contribution is 2.25. The van der Waals surface area contributed by atoms with E-state index in [9.17, 15) is 17.6 Å². The fourth-order valence-corrected chi connectivity index (χ4v) is 4.40. The molecular weight excluding hydrogens is 399 g/mol. The van der Waals surface area contributed by atoms with Gasteiger partial charge in [-0.2, -0.15) is 4.31 Å². The average molecular weight is 422 g/mol. The zero-order valence-corrected chi connectivity index (χ0v) is 16.9. The minimum absolute atomic E-state index is 0.0288. The summed E-state index contributed by atoms with van der Waals surface area (Å²) in [5.41, 5.74) is 2.03. The summed E-state index contributed by atoms with van der Waals surface area (Å²) in [5.74, 6) is -0.575. The van der Waals surface area contributed by atoms with Gasteiger partial charge < -0.3 is 14.8 Å². The summed E-state index contributed by atoms with van der Waals surface area (Å²) in [4.78, 5) is 11.8. The van der Waals surface area contributed by atoms with Crippen molar-refractivity contribution in [2.45, 2.75) is 13.0 Å². The standard InChI is InChI=1S/C20H23FN2O5S/c1-27-17-7-6-16-13-23(10-8-15(16)12-17)29(25,26)11-9-22-20(24)14-28-19-5-3-2-4-18(19)21/h2-7,12H,8-11,13-14H2,1H3,(H,22,24). The van der Waals surface area contributed by atoms with Crippen LogP contribution in [0.5, 0.6) is 11.5 Å². The number of carbonyl (C=O) groups is 1. The molecule has 0 atom stereocenters. The SMILES string of the molecule is COc1ccc2c(c1)CCN(S(=O)(=O)CCNC(=O)COc1ccccc1F)C2. The summed E-state index contributed by atoms with van der Waals surface area (Å²) in [7, 11) is -1.93. The van der Waals surface area contributed by atoms with E-state index in [1.54, 1.807) is 13.2 Å². The lowest BCUT2D eigenvalue weighted by Gasteiger charge is -2.28. The smallest absolute Gasteiger partial charge is 0.257 e. The Morgan fingerprint density at radius 1 is 1.21 bits per heavy atom. The Labute approximate surface area is 169 Å². The number of nitrogens with one attached hydrogen (secondary N) is 1. The van der Waals surface area contributed by atoms with Crippen molar-refractivity contribution >= 4 is 15.9 Å². The van der Waals surface area contributed by atoms with Crippen LogP contribution in [0, 0.1) is 5.82 Å². The minimum atomic E-state index is -3.52. The Hall–Kier alpha value is -2.65. The monoisotopic (exact) mass is 422 g/mol. The van der Waals surface area contributed by atoms with Crippen LogP contribution in [0.2, 0.25) is 0 Å². The number of rotatable bonds is 8. The molecule has 2 aromatic carbocycles. The second-order valence-electron chi connectivity index (χ2n) is 6.60. The number of sulfonamides is 1. The quantitative estimate of drug-likeness (QED) is 0.700. The molecule has 1 N–H and O–H groups in total. The Morgan fingerprint density at radius 2 is 2.00 bits per heavy atom. The van der Waals surface area contributed by atoms with E-state index in [1.165, 1.54) is 22.5 Å². The highest BCUT2D eigenvalue weighted by Gasteiger charge is 2.26. The average Bonchev–Trinajstić information content (AvgIpc) is 2.72. The number of ether oxygens (including phenoxy) is 2. The molecule has 1 aliphatic rings. The van der Waals surface area contributed by atoms with Gasteiger partial charge in [-0.1, -0.05) is 18.2 Å². The zero-order valence-electron chi connectivity index (χ0n) is 16.1. The lowest BCUT2D eigenvalue weighted by Crippen LogP contribution is -2.41. The molecule has 0 spiro atoms. The van der Waals surface area contributed by atoms with Gasteiger partial charge in [0.05, 0.1) is 12.9 Å². The normalized spacial score (nSPS) is 14.1. The number of para-hydroxylation sites is 1. The fourth-order valence-electron chi connectivity index (χ4n) is 3.07. The molecule has 0 fully saturated rings. The Kier molecular flexibility index (Phi) is 6.71. The molecule has 1 heterocycles. The van der Waals surface area contributed by atoms with Crippen molar-refractivity contribution in [3.63, 3.8) is 0 Å². The van der Waals surface area contributed by atoms with Crippen molar-refractivity contribution in [2.75, 3.05) is 32.6 Å². The van der Waals surface area contributed by atoms with E-state index in [0.29, 0.717) is 19.5 Å². The zero-order chi connectivity index (χ0) is 20.9. The van der Waals surface area contributed by atoms with Gasteiger partial charge in [0.1, 0.15) is 5.75 Å². The molecule has 3 rings (SSSR count). The van der Waals surface area contributed by atoms with Gasteiger partial charge >= 0.3 is 0 Å². The number of carbonyl (C=O) groups excluding carboxylic acids is 1. The van der Waals surface area contributed by atoms with Crippen LogP contribution in [-0.2, 0) is 27.8 Å². The first-order chi connectivity index (χ1) is 13.9. The van der Waals surface area contributed by atoms with Crippen molar-refractivity contribution in [1.82, 2.24) is 9.62 Å². The molecule has 0 bridgehead atoms. The summed E-state index contributed by atoms with van der Waals surface area (Å²) < 4.78 is 50.4. The van der Waals surface area contributed by atoms with Gasteiger partial charge in [-0.15, -0.1) is 0 Å². The predicted molar refractivity (Wildman–Crippen MR) is 106 cm³/mol. The van der Waals surface area contributed by atoms with E-state index >= 15 is 0 Å². The van der Waals surface area contributed by atoms with Crippen molar-refractivity contribution in [3.8, 4) is 11.5 Å². The van der Waals surface area contributed by atoms with Crippen LogP contribution in [0.4, 0.5) is 4.39 Å². The van der Waals surface area contributed by atoms with Crippen LogP contribution in [0.15, 0.2) is 42.5 Å². The van der Waals surface area contributed by atoms with E-state index in [2.05, 4.69) is 5.32 Å². The van der Waals surface area contributed by atoms with E-state index in [-0.39, 0.29) is 24.7 Å². The molecule has 0 unspecified atom stereocenters. The van der Waals surface area contributed by atoms with Crippen LogP contribution < -0.4 is 14.8 Å². The molecule has 0 aromatic heterocycles. The third-order valence-electron chi connectivity index (χ3n) is 4.66. The topological polar surface area (TPSA) is 84.9 Å². The first kappa shape index (κ1) is 21.1. The Balaban J connectivity index is 1.47. The molecule has 0 saturated carbocycles. The molecule has 1 aliphatic heterocycles. The maximum Gasteiger partial charge on any atom is 0.257 e. The molecule has 7 nitrogen and oxygen atoms in total. The molecule has 0 aliphatic carbocycles. The number of methoxy groups -OCH3 is 1. The second kappa shape index (κ2) is 9.23. The number of hydrogen-bond donors (Lipinski definition) is 1. The highest BCUT2D eigenvalue weighted by atomic mass is 32.2. The number of fused-ring (bicyclic) bond motifs is 1. The van der Waals surface area contributed by atoms with E-state index < -0.39 is 21.7 Å². The Bertz CT molecular complexity index is 981. The van der Waals surface area contributed by atoms with Crippen molar-refractivity contribution in [1.29, 1.82) is 0 Å². The first-order valence-corrected chi connectivity index (χ1v) is 10.8. The van der Waals surface area contributed by atoms with Crippen LogP contribution in [-0.4, -0.2) is 51.2 Å². The van der Waals surface area contributed by atoms with Crippen molar-refractivity contribution in [2.24, 2.45) is 0 Å². The van der Waals surface area contributed by atoms with Gasteiger partial charge in [0.25, 0.3) is 5.91 Å². The van der Waals surface area contributed by atoms with Crippen LogP contribution in [0.1, 0.15) is 11.1 Å². The molecule has 0 saturated heterocycles. The molecule has 156 valence electrons. The molecule has 2 aromatic rings. The molecule has 1 amide bonds. The van der Waals surface area contributed by atoms with Crippen LogP contribution in [0.3, 0.4) is 0 Å².